The van der Waals surface area contributed by atoms with E-state index >= 15 is 0 Å². The van der Waals surface area contributed by atoms with Crippen molar-refractivity contribution in [2.24, 2.45) is 0 Å². The second-order valence-corrected chi connectivity index (χ2v) is 6.96. The largest absolute Gasteiger partial charge is 0.476 e. The van der Waals surface area contributed by atoms with Crippen LogP contribution in [0.15, 0.2) is 36.5 Å². The van der Waals surface area contributed by atoms with Gasteiger partial charge in [0.25, 0.3) is 0 Å². The number of amides is 1. The maximum Gasteiger partial charge on any atom is 0.356 e. The van der Waals surface area contributed by atoms with Crippen molar-refractivity contribution in [3.63, 3.8) is 0 Å². The highest BCUT2D eigenvalue weighted by atomic mass is 35.5. The molecule has 6 heteroatoms. The number of nitrogens with zero attached hydrogens (tertiary/aromatic N) is 1. The molecule has 126 valence electrons. The summed E-state index contributed by atoms with van der Waals surface area (Å²) < 4.78 is 0. The molecule has 2 N–H and O–H groups in total. The number of benzene rings is 1. The van der Waals surface area contributed by atoms with Crippen LogP contribution in [0, 0.1) is 0 Å². The molecular weight excluding hydrogens is 328 g/mol. The molecule has 0 radical (unpaired) electrons. The molecule has 1 heterocycles. The van der Waals surface area contributed by atoms with Crippen molar-refractivity contribution in [3.05, 3.63) is 58.4 Å². The lowest BCUT2D eigenvalue weighted by molar-refractivity contribution is -0.115. The number of aromatic nitrogens is 1. The van der Waals surface area contributed by atoms with Crippen LogP contribution in [0.4, 0.5) is 5.69 Å². The van der Waals surface area contributed by atoms with Crippen molar-refractivity contribution in [3.8, 4) is 0 Å². The quantitative estimate of drug-likeness (QED) is 0.879. The van der Waals surface area contributed by atoms with Gasteiger partial charge in [-0.3, -0.25) is 4.79 Å². The molecule has 2 aromatic rings. The van der Waals surface area contributed by atoms with E-state index in [0.29, 0.717) is 0 Å². The average Bonchev–Trinajstić information content (AvgIpc) is 2.46. The van der Waals surface area contributed by atoms with Gasteiger partial charge in [-0.25, -0.2) is 9.78 Å². The van der Waals surface area contributed by atoms with E-state index in [-0.39, 0.29) is 34.1 Å². The zero-order valence-corrected chi connectivity index (χ0v) is 14.5. The molecule has 24 heavy (non-hydrogen) atoms. The van der Waals surface area contributed by atoms with Crippen molar-refractivity contribution in [2.45, 2.75) is 32.6 Å². The van der Waals surface area contributed by atoms with Crippen LogP contribution >= 0.6 is 11.6 Å². The van der Waals surface area contributed by atoms with E-state index in [4.69, 9.17) is 16.7 Å². The van der Waals surface area contributed by atoms with Crippen molar-refractivity contribution >= 4 is 29.2 Å². The van der Waals surface area contributed by atoms with Crippen LogP contribution < -0.4 is 5.32 Å². The van der Waals surface area contributed by atoms with Gasteiger partial charge < -0.3 is 10.4 Å². The van der Waals surface area contributed by atoms with Crippen molar-refractivity contribution in [1.82, 2.24) is 4.98 Å². The van der Waals surface area contributed by atoms with Crippen LogP contribution in [-0.2, 0) is 16.6 Å². The number of hydrogen-bond donors (Lipinski definition) is 2. The summed E-state index contributed by atoms with van der Waals surface area (Å²) in [4.78, 5) is 27.1. The number of halogens is 1. The fourth-order valence-electron chi connectivity index (χ4n) is 2.21. The minimum atomic E-state index is -1.23. The molecule has 2 rings (SSSR count). The Morgan fingerprint density at radius 1 is 1.21 bits per heavy atom. The van der Waals surface area contributed by atoms with Crippen LogP contribution in [0.2, 0.25) is 5.02 Å². The molecule has 0 aliphatic carbocycles. The number of hydrogen-bond acceptors (Lipinski definition) is 3. The van der Waals surface area contributed by atoms with E-state index in [0.717, 1.165) is 5.56 Å². The number of anilines is 1. The Morgan fingerprint density at radius 3 is 2.38 bits per heavy atom. The number of carboxylic acids is 1. The molecular formula is C18H19ClN2O3. The average molecular weight is 347 g/mol. The summed E-state index contributed by atoms with van der Waals surface area (Å²) in [5.74, 6) is -1.55. The molecule has 0 fully saturated rings. The van der Waals surface area contributed by atoms with Gasteiger partial charge in [-0.1, -0.05) is 56.6 Å². The summed E-state index contributed by atoms with van der Waals surface area (Å²) in [6.45, 7) is 6.36. The van der Waals surface area contributed by atoms with Crippen LogP contribution in [-0.4, -0.2) is 22.0 Å². The Bertz CT molecular complexity index is 765. The van der Waals surface area contributed by atoms with Gasteiger partial charge in [-0.05, 0) is 22.6 Å². The molecule has 1 aromatic carbocycles. The first-order valence-electron chi connectivity index (χ1n) is 7.45. The molecule has 1 amide bonds. The van der Waals surface area contributed by atoms with Crippen LogP contribution in [0.25, 0.3) is 0 Å². The highest BCUT2D eigenvalue weighted by molar-refractivity contribution is 6.31. The molecule has 1 aromatic heterocycles. The first-order valence-corrected chi connectivity index (χ1v) is 7.83. The van der Waals surface area contributed by atoms with E-state index < -0.39 is 5.97 Å². The monoisotopic (exact) mass is 346 g/mol. The second kappa shape index (κ2) is 7.01. The summed E-state index contributed by atoms with van der Waals surface area (Å²) in [5.41, 5.74) is 1.91. The predicted octanol–water partition coefficient (Wildman–Crippen LogP) is 3.91. The summed E-state index contributed by atoms with van der Waals surface area (Å²) in [5, 5.41) is 11.9. The third kappa shape index (κ3) is 4.55. The first kappa shape index (κ1) is 17.9. The Morgan fingerprint density at radius 2 is 1.83 bits per heavy atom. The summed E-state index contributed by atoms with van der Waals surface area (Å²) >= 11 is 5.82. The number of carbonyl (C=O) groups excluding carboxylic acids is 1. The Balaban J connectivity index is 2.11. The molecule has 0 bridgehead atoms. The van der Waals surface area contributed by atoms with Gasteiger partial charge in [0.2, 0.25) is 5.91 Å². The zero-order valence-electron chi connectivity index (χ0n) is 13.8. The normalized spacial score (nSPS) is 11.2. The molecule has 5 nitrogen and oxygen atoms in total. The van der Waals surface area contributed by atoms with E-state index in [1.54, 1.807) is 0 Å². The van der Waals surface area contributed by atoms with E-state index in [9.17, 15) is 9.59 Å². The van der Waals surface area contributed by atoms with E-state index in [1.807, 2.05) is 24.3 Å². The highest BCUT2D eigenvalue weighted by Crippen LogP contribution is 2.23. The lowest BCUT2D eigenvalue weighted by Gasteiger charge is -2.19. The fraction of sp³-hybridized carbons (Fsp3) is 0.278. The molecule has 0 spiro atoms. The second-order valence-electron chi connectivity index (χ2n) is 6.53. The standard InChI is InChI=1S/C18H19ClN2O3/c1-18(2,3)12-6-4-11(5-7-12)8-15(22)21-14-9-13(19)10-20-16(14)17(23)24/h4-7,9-10H,8H2,1-3H3,(H,21,22)(H,23,24). The maximum absolute atomic E-state index is 12.2. The van der Waals surface area contributed by atoms with Gasteiger partial charge in [-0.2, -0.15) is 0 Å². The number of aromatic carboxylic acids is 1. The van der Waals surface area contributed by atoms with Crippen LogP contribution in [0.3, 0.4) is 0 Å². The molecule has 0 saturated carbocycles. The Kier molecular flexibility index (Phi) is 5.24. The Hall–Kier alpha value is -2.40. The third-order valence-electron chi connectivity index (χ3n) is 3.52. The summed E-state index contributed by atoms with van der Waals surface area (Å²) in [6, 6.07) is 9.15. The molecule has 0 saturated heterocycles. The third-order valence-corrected chi connectivity index (χ3v) is 3.72. The van der Waals surface area contributed by atoms with Crippen LogP contribution in [0.5, 0.6) is 0 Å². The number of carbonyl (C=O) groups is 2. The first-order chi connectivity index (χ1) is 11.2. The van der Waals surface area contributed by atoms with Gasteiger partial charge in [0.15, 0.2) is 5.69 Å². The molecule has 0 atom stereocenters. The summed E-state index contributed by atoms with van der Waals surface area (Å²) in [7, 11) is 0. The van der Waals surface area contributed by atoms with Gasteiger partial charge in [-0.15, -0.1) is 0 Å². The number of nitrogens with one attached hydrogen (secondary N) is 1. The van der Waals surface area contributed by atoms with Gasteiger partial charge in [0.05, 0.1) is 17.1 Å². The van der Waals surface area contributed by atoms with Crippen molar-refractivity contribution in [1.29, 1.82) is 0 Å². The minimum absolute atomic E-state index is 0.0453. The lowest BCUT2D eigenvalue weighted by atomic mass is 9.86. The molecule has 0 aliphatic rings. The maximum atomic E-state index is 12.2. The van der Waals surface area contributed by atoms with E-state index in [2.05, 4.69) is 31.1 Å². The fourth-order valence-corrected chi connectivity index (χ4v) is 2.37. The molecule has 0 unspecified atom stereocenters. The number of carboxylic acid groups (broad SMARTS) is 1. The van der Waals surface area contributed by atoms with Crippen molar-refractivity contribution in [2.75, 3.05) is 5.32 Å². The van der Waals surface area contributed by atoms with E-state index in [1.165, 1.54) is 17.8 Å². The van der Waals surface area contributed by atoms with Crippen molar-refractivity contribution < 1.29 is 14.7 Å². The highest BCUT2D eigenvalue weighted by Gasteiger charge is 2.16. The number of pyridine rings is 1. The van der Waals surface area contributed by atoms with Gasteiger partial charge >= 0.3 is 5.97 Å². The minimum Gasteiger partial charge on any atom is -0.476 e. The smallest absolute Gasteiger partial charge is 0.356 e. The van der Waals surface area contributed by atoms with Gasteiger partial charge in [0.1, 0.15) is 0 Å². The van der Waals surface area contributed by atoms with Gasteiger partial charge in [0, 0.05) is 6.20 Å². The zero-order chi connectivity index (χ0) is 17.9. The topological polar surface area (TPSA) is 79.3 Å². The Labute approximate surface area is 145 Å². The number of rotatable bonds is 4. The molecule has 0 aliphatic heterocycles. The van der Waals surface area contributed by atoms with Crippen LogP contribution in [0.1, 0.15) is 42.4 Å². The SMILES string of the molecule is CC(C)(C)c1ccc(CC(=O)Nc2cc(Cl)cnc2C(=O)O)cc1. The predicted molar refractivity (Wildman–Crippen MR) is 93.7 cm³/mol. The lowest BCUT2D eigenvalue weighted by Crippen LogP contribution is -2.18. The summed E-state index contributed by atoms with van der Waals surface area (Å²) in [6.07, 6.45) is 1.36.